The SMILES string of the molecule is Cc1ccc(S(=O)(=O)N2CC=C3CCCCC32)cc1. The average molecular weight is 277 g/mol. The standard InChI is InChI=1S/C15H19NO2S/c1-12-6-8-14(9-7-12)19(17,18)16-11-10-13-4-2-3-5-15(13)16/h6-10,15H,2-5,11H2,1H3. The molecule has 1 aromatic rings. The van der Waals surface area contributed by atoms with Crippen molar-refractivity contribution in [3.05, 3.63) is 41.5 Å². The van der Waals surface area contributed by atoms with Gasteiger partial charge in [0.15, 0.2) is 0 Å². The fourth-order valence-electron chi connectivity index (χ4n) is 3.03. The Labute approximate surface area is 115 Å². The van der Waals surface area contributed by atoms with Gasteiger partial charge in [-0.25, -0.2) is 8.42 Å². The molecule has 1 saturated carbocycles. The predicted molar refractivity (Wildman–Crippen MR) is 75.4 cm³/mol. The molecule has 1 fully saturated rings. The quantitative estimate of drug-likeness (QED) is 0.780. The van der Waals surface area contributed by atoms with E-state index in [1.54, 1.807) is 16.4 Å². The van der Waals surface area contributed by atoms with Crippen molar-refractivity contribution in [3.8, 4) is 0 Å². The van der Waals surface area contributed by atoms with Gasteiger partial charge in [-0.3, -0.25) is 0 Å². The molecular weight excluding hydrogens is 258 g/mol. The molecule has 0 amide bonds. The van der Waals surface area contributed by atoms with E-state index in [1.807, 2.05) is 19.1 Å². The maximum absolute atomic E-state index is 12.7. The van der Waals surface area contributed by atoms with Crippen LogP contribution in [0.5, 0.6) is 0 Å². The summed E-state index contributed by atoms with van der Waals surface area (Å²) in [6, 6.07) is 7.26. The molecule has 0 radical (unpaired) electrons. The maximum Gasteiger partial charge on any atom is 0.243 e. The summed E-state index contributed by atoms with van der Waals surface area (Å²) in [4.78, 5) is 0.415. The van der Waals surface area contributed by atoms with Crippen LogP contribution in [0.15, 0.2) is 40.8 Å². The first-order valence-electron chi connectivity index (χ1n) is 6.86. The third-order valence-electron chi connectivity index (χ3n) is 4.13. The summed E-state index contributed by atoms with van der Waals surface area (Å²) in [6.45, 7) is 2.50. The number of nitrogens with zero attached hydrogens (tertiary/aromatic N) is 1. The van der Waals surface area contributed by atoms with Crippen molar-refractivity contribution in [3.63, 3.8) is 0 Å². The molecule has 3 nitrogen and oxygen atoms in total. The van der Waals surface area contributed by atoms with Crippen molar-refractivity contribution in [2.75, 3.05) is 6.54 Å². The lowest BCUT2D eigenvalue weighted by atomic mass is 9.92. The summed E-state index contributed by atoms with van der Waals surface area (Å²) >= 11 is 0. The van der Waals surface area contributed by atoms with E-state index in [2.05, 4.69) is 6.08 Å². The van der Waals surface area contributed by atoms with Gasteiger partial charge in [-0.1, -0.05) is 35.8 Å². The van der Waals surface area contributed by atoms with Crippen LogP contribution in [0.25, 0.3) is 0 Å². The fourth-order valence-corrected chi connectivity index (χ4v) is 4.63. The Kier molecular flexibility index (Phi) is 3.23. The lowest BCUT2D eigenvalue weighted by Crippen LogP contribution is -2.38. The summed E-state index contributed by atoms with van der Waals surface area (Å²) < 4.78 is 27.1. The summed E-state index contributed by atoms with van der Waals surface area (Å²) in [6.07, 6.45) is 6.46. The van der Waals surface area contributed by atoms with Gasteiger partial charge in [0.2, 0.25) is 10.0 Å². The number of hydrogen-bond acceptors (Lipinski definition) is 2. The Bertz CT molecular complexity index is 602. The lowest BCUT2D eigenvalue weighted by molar-refractivity contribution is 0.352. The molecule has 1 aliphatic heterocycles. The highest BCUT2D eigenvalue weighted by Gasteiger charge is 2.37. The van der Waals surface area contributed by atoms with E-state index in [-0.39, 0.29) is 6.04 Å². The molecule has 0 bridgehead atoms. The van der Waals surface area contributed by atoms with E-state index in [0.29, 0.717) is 11.4 Å². The van der Waals surface area contributed by atoms with Gasteiger partial charge in [0.05, 0.1) is 4.90 Å². The number of rotatable bonds is 2. The highest BCUT2D eigenvalue weighted by atomic mass is 32.2. The lowest BCUT2D eigenvalue weighted by Gasteiger charge is -2.29. The van der Waals surface area contributed by atoms with Crippen molar-refractivity contribution in [1.29, 1.82) is 0 Å². The minimum Gasteiger partial charge on any atom is -0.207 e. The number of aryl methyl sites for hydroxylation is 1. The van der Waals surface area contributed by atoms with Gasteiger partial charge in [0, 0.05) is 12.6 Å². The zero-order chi connectivity index (χ0) is 13.5. The molecule has 4 heteroatoms. The summed E-state index contributed by atoms with van der Waals surface area (Å²) in [5.41, 5.74) is 2.40. The van der Waals surface area contributed by atoms with Crippen LogP contribution in [-0.2, 0) is 10.0 Å². The van der Waals surface area contributed by atoms with Gasteiger partial charge >= 0.3 is 0 Å². The molecule has 0 aromatic heterocycles. The smallest absolute Gasteiger partial charge is 0.207 e. The topological polar surface area (TPSA) is 37.4 Å². The largest absolute Gasteiger partial charge is 0.243 e. The van der Waals surface area contributed by atoms with Crippen LogP contribution in [0.3, 0.4) is 0 Å². The van der Waals surface area contributed by atoms with Gasteiger partial charge in [0.1, 0.15) is 0 Å². The van der Waals surface area contributed by atoms with E-state index in [1.165, 1.54) is 12.0 Å². The number of fused-ring (bicyclic) bond motifs is 1. The van der Waals surface area contributed by atoms with Crippen LogP contribution >= 0.6 is 0 Å². The molecule has 1 aliphatic carbocycles. The van der Waals surface area contributed by atoms with E-state index in [0.717, 1.165) is 24.8 Å². The van der Waals surface area contributed by atoms with Crippen LogP contribution in [0.1, 0.15) is 31.2 Å². The number of sulfonamides is 1. The maximum atomic E-state index is 12.7. The molecule has 1 aromatic carbocycles. The van der Waals surface area contributed by atoms with Crippen LogP contribution < -0.4 is 0 Å². The minimum atomic E-state index is -3.34. The molecule has 0 N–H and O–H groups in total. The van der Waals surface area contributed by atoms with Crippen LogP contribution in [0, 0.1) is 6.92 Å². The average Bonchev–Trinajstić information content (AvgIpc) is 2.83. The second kappa shape index (κ2) is 4.76. The molecule has 0 spiro atoms. The van der Waals surface area contributed by atoms with Crippen molar-refractivity contribution >= 4 is 10.0 Å². The highest BCUT2D eigenvalue weighted by molar-refractivity contribution is 7.89. The van der Waals surface area contributed by atoms with Gasteiger partial charge < -0.3 is 0 Å². The second-order valence-corrected chi connectivity index (χ2v) is 7.32. The summed E-state index contributed by atoms with van der Waals surface area (Å²) in [7, 11) is -3.34. The van der Waals surface area contributed by atoms with Crippen LogP contribution in [-0.4, -0.2) is 25.3 Å². The van der Waals surface area contributed by atoms with E-state index < -0.39 is 10.0 Å². The van der Waals surface area contributed by atoms with Crippen molar-refractivity contribution in [2.24, 2.45) is 0 Å². The molecule has 102 valence electrons. The van der Waals surface area contributed by atoms with Gasteiger partial charge in [-0.05, 0) is 38.3 Å². The monoisotopic (exact) mass is 277 g/mol. The number of hydrogen-bond donors (Lipinski definition) is 0. The first-order valence-corrected chi connectivity index (χ1v) is 8.30. The zero-order valence-electron chi connectivity index (χ0n) is 11.2. The molecular formula is C15H19NO2S. The Morgan fingerprint density at radius 1 is 1.16 bits per heavy atom. The fraction of sp³-hybridized carbons (Fsp3) is 0.467. The van der Waals surface area contributed by atoms with E-state index in [9.17, 15) is 8.42 Å². The molecule has 2 aliphatic rings. The molecule has 1 heterocycles. The molecule has 1 atom stereocenters. The molecule has 0 saturated heterocycles. The first kappa shape index (κ1) is 12.9. The third kappa shape index (κ3) is 2.23. The van der Waals surface area contributed by atoms with Crippen LogP contribution in [0.4, 0.5) is 0 Å². The van der Waals surface area contributed by atoms with Crippen molar-refractivity contribution in [2.45, 2.75) is 43.5 Å². The highest BCUT2D eigenvalue weighted by Crippen LogP contribution is 2.35. The Morgan fingerprint density at radius 3 is 2.63 bits per heavy atom. The Hall–Kier alpha value is -1.13. The van der Waals surface area contributed by atoms with Gasteiger partial charge in [-0.2, -0.15) is 4.31 Å². The van der Waals surface area contributed by atoms with E-state index in [4.69, 9.17) is 0 Å². The molecule has 1 unspecified atom stereocenters. The molecule has 19 heavy (non-hydrogen) atoms. The number of benzene rings is 1. The third-order valence-corrected chi connectivity index (χ3v) is 6.02. The van der Waals surface area contributed by atoms with Crippen molar-refractivity contribution < 1.29 is 8.42 Å². The Balaban J connectivity index is 1.91. The van der Waals surface area contributed by atoms with Crippen LogP contribution in [0.2, 0.25) is 0 Å². The molecule has 3 rings (SSSR count). The minimum absolute atomic E-state index is 0.111. The summed E-state index contributed by atoms with van der Waals surface area (Å²) in [5.74, 6) is 0. The first-order chi connectivity index (χ1) is 9.09. The van der Waals surface area contributed by atoms with Crippen molar-refractivity contribution in [1.82, 2.24) is 4.31 Å². The van der Waals surface area contributed by atoms with Gasteiger partial charge in [-0.15, -0.1) is 0 Å². The second-order valence-electron chi connectivity index (χ2n) is 5.43. The van der Waals surface area contributed by atoms with Gasteiger partial charge in [0.25, 0.3) is 0 Å². The summed E-state index contributed by atoms with van der Waals surface area (Å²) in [5, 5.41) is 0. The normalized spacial score (nSPS) is 24.1. The zero-order valence-corrected chi connectivity index (χ0v) is 12.0. The predicted octanol–water partition coefficient (Wildman–Crippen LogP) is 2.87. The van der Waals surface area contributed by atoms with E-state index >= 15 is 0 Å². The Morgan fingerprint density at radius 2 is 1.89 bits per heavy atom.